The highest BCUT2D eigenvalue weighted by atomic mass is 79.9. The van der Waals surface area contributed by atoms with Crippen LogP contribution in [-0.4, -0.2) is 11.6 Å². The van der Waals surface area contributed by atoms with Crippen LogP contribution >= 0.6 is 15.9 Å². The molecule has 4 heteroatoms. The largest absolute Gasteiger partial charge is 0.477 e. The van der Waals surface area contributed by atoms with Crippen molar-refractivity contribution in [2.45, 2.75) is 12.8 Å². The standard InChI is InChI=1S/C9H9BrFNO/c10-8-3-7(11)4-12-9(8)13-5-6-1-2-6/h3-4,6H,1-2,5H2. The van der Waals surface area contributed by atoms with Crippen molar-refractivity contribution in [2.24, 2.45) is 5.92 Å². The molecule has 0 aromatic carbocycles. The van der Waals surface area contributed by atoms with Crippen molar-refractivity contribution in [3.05, 3.63) is 22.6 Å². The zero-order valence-corrected chi connectivity index (χ0v) is 8.55. The molecule has 1 aromatic rings. The highest BCUT2D eigenvalue weighted by Crippen LogP contribution is 2.30. The molecule has 1 fully saturated rings. The monoisotopic (exact) mass is 245 g/mol. The second-order valence-corrected chi connectivity index (χ2v) is 4.05. The van der Waals surface area contributed by atoms with Gasteiger partial charge < -0.3 is 4.74 Å². The van der Waals surface area contributed by atoms with E-state index in [9.17, 15) is 4.39 Å². The minimum Gasteiger partial charge on any atom is -0.477 e. The fraction of sp³-hybridized carbons (Fsp3) is 0.444. The Labute approximate surface area is 84.3 Å². The molecule has 2 rings (SSSR count). The van der Waals surface area contributed by atoms with Crippen LogP contribution < -0.4 is 4.74 Å². The van der Waals surface area contributed by atoms with Gasteiger partial charge in [0, 0.05) is 0 Å². The Kier molecular flexibility index (Phi) is 2.49. The lowest BCUT2D eigenvalue weighted by Crippen LogP contribution is -2.01. The highest BCUT2D eigenvalue weighted by molar-refractivity contribution is 9.10. The number of rotatable bonds is 3. The van der Waals surface area contributed by atoms with E-state index in [0.717, 1.165) is 6.20 Å². The summed E-state index contributed by atoms with van der Waals surface area (Å²) in [6, 6.07) is 1.36. The van der Waals surface area contributed by atoms with Crippen LogP contribution in [0.5, 0.6) is 5.88 Å². The first-order chi connectivity index (χ1) is 6.25. The molecule has 1 aliphatic rings. The molecule has 0 bridgehead atoms. The molecule has 0 N–H and O–H groups in total. The molecule has 13 heavy (non-hydrogen) atoms. The molecule has 1 saturated carbocycles. The van der Waals surface area contributed by atoms with E-state index in [1.54, 1.807) is 0 Å². The van der Waals surface area contributed by atoms with Gasteiger partial charge in [-0.15, -0.1) is 0 Å². The molecule has 70 valence electrons. The van der Waals surface area contributed by atoms with E-state index in [4.69, 9.17) is 4.74 Å². The van der Waals surface area contributed by atoms with Gasteiger partial charge in [-0.2, -0.15) is 0 Å². The quantitative estimate of drug-likeness (QED) is 0.818. The lowest BCUT2D eigenvalue weighted by atomic mass is 10.4. The van der Waals surface area contributed by atoms with Crippen LogP contribution in [0.1, 0.15) is 12.8 Å². The summed E-state index contributed by atoms with van der Waals surface area (Å²) in [5, 5.41) is 0. The van der Waals surface area contributed by atoms with Gasteiger partial charge in [0.05, 0.1) is 17.3 Å². The zero-order valence-electron chi connectivity index (χ0n) is 6.96. The predicted molar refractivity (Wildman–Crippen MR) is 50.1 cm³/mol. The lowest BCUT2D eigenvalue weighted by Gasteiger charge is -2.05. The topological polar surface area (TPSA) is 22.1 Å². The van der Waals surface area contributed by atoms with Crippen LogP contribution in [0.3, 0.4) is 0 Å². The minimum absolute atomic E-state index is 0.356. The van der Waals surface area contributed by atoms with Crippen molar-refractivity contribution >= 4 is 15.9 Å². The maximum absolute atomic E-state index is 12.6. The van der Waals surface area contributed by atoms with Crippen LogP contribution in [0, 0.1) is 11.7 Å². The third-order valence-corrected chi connectivity index (χ3v) is 2.49. The van der Waals surface area contributed by atoms with E-state index in [2.05, 4.69) is 20.9 Å². The average molecular weight is 246 g/mol. The second-order valence-electron chi connectivity index (χ2n) is 3.19. The molecular formula is C9H9BrFNO. The van der Waals surface area contributed by atoms with Gasteiger partial charge in [0.1, 0.15) is 5.82 Å². The molecule has 0 radical (unpaired) electrons. The van der Waals surface area contributed by atoms with Crippen LogP contribution in [0.4, 0.5) is 4.39 Å². The molecule has 1 aromatic heterocycles. The normalized spacial score (nSPS) is 15.8. The van der Waals surface area contributed by atoms with Crippen molar-refractivity contribution in [3.8, 4) is 5.88 Å². The maximum Gasteiger partial charge on any atom is 0.228 e. The van der Waals surface area contributed by atoms with Gasteiger partial charge in [-0.25, -0.2) is 9.37 Å². The van der Waals surface area contributed by atoms with Crippen molar-refractivity contribution < 1.29 is 9.13 Å². The van der Waals surface area contributed by atoms with Gasteiger partial charge in [-0.3, -0.25) is 0 Å². The van der Waals surface area contributed by atoms with Crippen molar-refractivity contribution in [2.75, 3.05) is 6.61 Å². The van der Waals surface area contributed by atoms with E-state index >= 15 is 0 Å². The summed E-state index contributed by atoms with van der Waals surface area (Å²) in [6.45, 7) is 0.692. The first-order valence-corrected chi connectivity index (χ1v) is 4.99. The molecule has 2 nitrogen and oxygen atoms in total. The summed E-state index contributed by atoms with van der Waals surface area (Å²) in [6.07, 6.45) is 3.63. The Hall–Kier alpha value is -0.640. The molecule has 0 saturated heterocycles. The Morgan fingerprint density at radius 1 is 1.62 bits per heavy atom. The van der Waals surface area contributed by atoms with Gasteiger partial charge in [-0.1, -0.05) is 0 Å². The fourth-order valence-electron chi connectivity index (χ4n) is 0.990. The van der Waals surface area contributed by atoms with E-state index < -0.39 is 0 Å². The zero-order chi connectivity index (χ0) is 9.26. The summed E-state index contributed by atoms with van der Waals surface area (Å²) in [5.41, 5.74) is 0. The molecule has 0 unspecified atom stereocenters. The van der Waals surface area contributed by atoms with Gasteiger partial charge >= 0.3 is 0 Å². The van der Waals surface area contributed by atoms with E-state index in [0.29, 0.717) is 22.9 Å². The van der Waals surface area contributed by atoms with Gasteiger partial charge in [0.2, 0.25) is 5.88 Å². The minimum atomic E-state index is -0.356. The Balaban J connectivity index is 2.01. The number of ether oxygens (including phenoxy) is 1. The summed E-state index contributed by atoms with van der Waals surface area (Å²) < 4.78 is 18.6. The maximum atomic E-state index is 12.6. The van der Waals surface area contributed by atoms with Crippen LogP contribution in [-0.2, 0) is 0 Å². The summed E-state index contributed by atoms with van der Waals surface area (Å²) >= 11 is 3.19. The first kappa shape index (κ1) is 8.94. The molecule has 0 spiro atoms. The van der Waals surface area contributed by atoms with Crippen molar-refractivity contribution in [1.29, 1.82) is 0 Å². The Bertz CT molecular complexity index is 314. The molecule has 1 heterocycles. The second kappa shape index (κ2) is 3.62. The first-order valence-electron chi connectivity index (χ1n) is 4.19. The van der Waals surface area contributed by atoms with E-state index in [-0.39, 0.29) is 5.82 Å². The molecule has 1 aliphatic carbocycles. The average Bonchev–Trinajstić information content (AvgIpc) is 2.86. The van der Waals surface area contributed by atoms with Crippen LogP contribution in [0.25, 0.3) is 0 Å². The lowest BCUT2D eigenvalue weighted by molar-refractivity contribution is 0.285. The SMILES string of the molecule is Fc1cnc(OCC2CC2)c(Br)c1. The number of hydrogen-bond acceptors (Lipinski definition) is 2. The van der Waals surface area contributed by atoms with Gasteiger partial charge in [-0.05, 0) is 40.8 Å². The number of halogens is 2. The smallest absolute Gasteiger partial charge is 0.228 e. The van der Waals surface area contributed by atoms with Gasteiger partial charge in [0.15, 0.2) is 0 Å². The molecule has 0 atom stereocenters. The number of hydrogen-bond donors (Lipinski definition) is 0. The molecule has 0 amide bonds. The summed E-state index contributed by atoms with van der Waals surface area (Å²) in [7, 11) is 0. The Morgan fingerprint density at radius 2 is 2.38 bits per heavy atom. The van der Waals surface area contributed by atoms with E-state index in [1.807, 2.05) is 0 Å². The summed E-state index contributed by atoms with van der Waals surface area (Å²) in [5.74, 6) is 0.803. The van der Waals surface area contributed by atoms with Crippen molar-refractivity contribution in [3.63, 3.8) is 0 Å². The fourth-order valence-corrected chi connectivity index (χ4v) is 1.43. The third kappa shape index (κ3) is 2.40. The number of nitrogens with zero attached hydrogens (tertiary/aromatic N) is 1. The summed E-state index contributed by atoms with van der Waals surface area (Å²) in [4.78, 5) is 3.83. The van der Waals surface area contributed by atoms with Crippen LogP contribution in [0.15, 0.2) is 16.7 Å². The molecular weight excluding hydrogens is 237 g/mol. The van der Waals surface area contributed by atoms with Crippen molar-refractivity contribution in [1.82, 2.24) is 4.98 Å². The number of aromatic nitrogens is 1. The Morgan fingerprint density at radius 3 is 3.00 bits per heavy atom. The van der Waals surface area contributed by atoms with Crippen LogP contribution in [0.2, 0.25) is 0 Å². The third-order valence-electron chi connectivity index (χ3n) is 1.93. The predicted octanol–water partition coefficient (Wildman–Crippen LogP) is 2.77. The number of pyridine rings is 1. The van der Waals surface area contributed by atoms with Gasteiger partial charge in [0.25, 0.3) is 0 Å². The van der Waals surface area contributed by atoms with E-state index in [1.165, 1.54) is 18.9 Å². The molecule has 0 aliphatic heterocycles. The highest BCUT2D eigenvalue weighted by Gasteiger charge is 2.22.